The first kappa shape index (κ1) is 37.0. The molecular weight excluding hydrogens is 661 g/mol. The van der Waals surface area contributed by atoms with Crippen LogP contribution in [0, 0.1) is 29.6 Å². The fraction of sp³-hybridized carbons (Fsp3) is 0.568. The maximum atomic E-state index is 13.0. The highest BCUT2D eigenvalue weighted by molar-refractivity contribution is 8.76. The van der Waals surface area contributed by atoms with E-state index in [-0.39, 0.29) is 48.0 Å². The van der Waals surface area contributed by atoms with E-state index in [1.54, 1.807) is 12.1 Å². The SMILES string of the molecule is CNCOc1c2cc(c3c1OC[C@@H]([C@@H]1CN=C(N)N[C@@H](C(C)C)CSSC1)C3)CC[C@@H](O)CC(=O)CCc1ccc(O)c(OC)c1C#CC2. The van der Waals surface area contributed by atoms with E-state index in [1.807, 2.05) is 28.6 Å². The number of guanidine groups is 1. The van der Waals surface area contributed by atoms with Gasteiger partial charge in [0.05, 0.1) is 25.4 Å². The summed E-state index contributed by atoms with van der Waals surface area (Å²) in [6.07, 6.45) is 2.18. The van der Waals surface area contributed by atoms with Gasteiger partial charge in [0.1, 0.15) is 12.5 Å². The number of aliphatic imine (C=N–C) groups is 1. The van der Waals surface area contributed by atoms with Crippen LogP contribution in [0.25, 0.3) is 0 Å². The number of nitrogens with two attached hydrogens (primary N) is 1. The molecule has 0 aromatic heterocycles. The van der Waals surface area contributed by atoms with Gasteiger partial charge in [-0.1, -0.05) is 59.4 Å². The topological polar surface area (TPSA) is 148 Å². The number of phenols is 1. The minimum absolute atomic E-state index is 0.0101. The Labute approximate surface area is 298 Å². The number of fused-ring (bicyclic) bond motifs is 5. The van der Waals surface area contributed by atoms with Crippen molar-refractivity contribution in [1.29, 1.82) is 0 Å². The lowest BCUT2D eigenvalue weighted by Gasteiger charge is -2.34. The quantitative estimate of drug-likeness (QED) is 0.167. The van der Waals surface area contributed by atoms with E-state index in [9.17, 15) is 15.0 Å². The summed E-state index contributed by atoms with van der Waals surface area (Å²) in [7, 11) is 7.09. The fourth-order valence-corrected chi connectivity index (χ4v) is 9.44. The number of benzene rings is 2. The van der Waals surface area contributed by atoms with Gasteiger partial charge in [0.25, 0.3) is 0 Å². The molecule has 2 aromatic rings. The number of ketones is 1. The number of ether oxygens (including phenoxy) is 3. The lowest BCUT2D eigenvalue weighted by atomic mass is 9.82. The number of aromatic hydroxyl groups is 1. The number of Topliss-reactive ketones (excluding diaryl/α,β-unsaturated/α-hetero) is 1. The molecule has 0 saturated carbocycles. The maximum Gasteiger partial charge on any atom is 0.188 e. The third-order valence-corrected chi connectivity index (χ3v) is 12.0. The van der Waals surface area contributed by atoms with Crippen LogP contribution in [-0.4, -0.2) is 79.6 Å². The van der Waals surface area contributed by atoms with Crippen molar-refractivity contribution in [2.45, 2.75) is 70.9 Å². The Kier molecular flexibility index (Phi) is 13.3. The van der Waals surface area contributed by atoms with Crippen LogP contribution in [0.5, 0.6) is 23.0 Å². The molecule has 3 aliphatic rings. The van der Waals surface area contributed by atoms with Gasteiger partial charge in [-0.2, -0.15) is 0 Å². The fourth-order valence-electron chi connectivity index (χ4n) is 6.54. The number of aryl methyl sites for hydroxylation is 2. The number of hydrogen-bond donors (Lipinski definition) is 5. The van der Waals surface area contributed by atoms with Crippen molar-refractivity contribution in [2.24, 2.45) is 28.5 Å². The van der Waals surface area contributed by atoms with Gasteiger partial charge < -0.3 is 35.5 Å². The molecule has 2 heterocycles. The molecule has 0 amide bonds. The van der Waals surface area contributed by atoms with Gasteiger partial charge in [0.2, 0.25) is 0 Å². The Morgan fingerprint density at radius 3 is 2.71 bits per heavy atom. The number of phenolic OH excluding ortho intramolecular Hbond substituents is 1. The van der Waals surface area contributed by atoms with Gasteiger partial charge in [-0.15, -0.1) is 0 Å². The third kappa shape index (κ3) is 9.51. The van der Waals surface area contributed by atoms with Gasteiger partial charge in [-0.25, -0.2) is 0 Å². The number of aliphatic hydroxyl groups excluding tert-OH is 1. The molecule has 49 heavy (non-hydrogen) atoms. The summed E-state index contributed by atoms with van der Waals surface area (Å²) < 4.78 is 18.5. The predicted molar refractivity (Wildman–Crippen MR) is 198 cm³/mol. The largest absolute Gasteiger partial charge is 0.504 e. The number of nitrogens with one attached hydrogen (secondary N) is 2. The summed E-state index contributed by atoms with van der Waals surface area (Å²) in [5, 5.41) is 28.0. The van der Waals surface area contributed by atoms with Crippen LogP contribution in [0.15, 0.2) is 23.2 Å². The van der Waals surface area contributed by atoms with Crippen LogP contribution in [-0.2, 0) is 30.5 Å². The summed E-state index contributed by atoms with van der Waals surface area (Å²) in [6.45, 7) is 5.81. The van der Waals surface area contributed by atoms with E-state index in [4.69, 9.17) is 24.9 Å². The van der Waals surface area contributed by atoms with E-state index in [0.29, 0.717) is 68.8 Å². The molecule has 10 nitrogen and oxygen atoms in total. The van der Waals surface area contributed by atoms with Gasteiger partial charge in [-0.05, 0) is 61.8 Å². The minimum Gasteiger partial charge on any atom is -0.504 e. The van der Waals surface area contributed by atoms with Crippen LogP contribution in [0.2, 0.25) is 0 Å². The average molecular weight is 711 g/mol. The number of hydrogen-bond acceptors (Lipinski definition) is 12. The van der Waals surface area contributed by atoms with E-state index >= 15 is 0 Å². The summed E-state index contributed by atoms with van der Waals surface area (Å²) in [5.41, 5.74) is 10.7. The van der Waals surface area contributed by atoms with Crippen molar-refractivity contribution in [2.75, 3.05) is 45.5 Å². The Morgan fingerprint density at radius 2 is 1.94 bits per heavy atom. The van der Waals surface area contributed by atoms with Crippen molar-refractivity contribution in [1.82, 2.24) is 10.6 Å². The monoisotopic (exact) mass is 710 g/mol. The summed E-state index contributed by atoms with van der Waals surface area (Å²) in [5.74, 6) is 11.4. The predicted octanol–water partition coefficient (Wildman–Crippen LogP) is 4.24. The van der Waals surface area contributed by atoms with Crippen LogP contribution in [0.4, 0.5) is 0 Å². The van der Waals surface area contributed by atoms with Crippen molar-refractivity contribution in [3.8, 4) is 34.8 Å². The van der Waals surface area contributed by atoms with E-state index in [1.165, 1.54) is 7.11 Å². The highest BCUT2D eigenvalue weighted by atomic mass is 33.1. The molecule has 0 radical (unpaired) electrons. The highest BCUT2D eigenvalue weighted by Gasteiger charge is 2.33. The van der Waals surface area contributed by atoms with E-state index in [2.05, 4.69) is 42.4 Å². The van der Waals surface area contributed by atoms with Crippen molar-refractivity contribution in [3.05, 3.63) is 46.0 Å². The zero-order chi connectivity index (χ0) is 34.9. The number of carbonyl (C=O) groups excluding carboxylic acids is 1. The number of nitrogens with zero attached hydrogens (tertiary/aromatic N) is 1. The molecule has 4 atom stereocenters. The number of aliphatic hydroxyl groups is 1. The average Bonchev–Trinajstić information content (AvgIpc) is 3.08. The summed E-state index contributed by atoms with van der Waals surface area (Å²) in [6, 6.07) is 5.74. The highest BCUT2D eigenvalue weighted by Crippen LogP contribution is 2.44. The molecule has 2 aliphatic heterocycles. The molecule has 0 fully saturated rings. The molecule has 2 aromatic carbocycles. The molecule has 2 bridgehead atoms. The minimum atomic E-state index is -0.770. The first-order chi connectivity index (χ1) is 23.7. The van der Waals surface area contributed by atoms with Crippen LogP contribution in [0.3, 0.4) is 0 Å². The van der Waals surface area contributed by atoms with Crippen molar-refractivity contribution >= 4 is 33.3 Å². The molecule has 0 spiro atoms. The molecule has 5 rings (SSSR count). The molecule has 1 aliphatic carbocycles. The Hall–Kier alpha value is -3.24. The second-order valence-corrected chi connectivity index (χ2v) is 15.9. The number of carbonyl (C=O) groups is 1. The van der Waals surface area contributed by atoms with Gasteiger partial charge in [0, 0.05) is 60.4 Å². The van der Waals surface area contributed by atoms with Crippen molar-refractivity contribution in [3.63, 3.8) is 0 Å². The second-order valence-electron chi connectivity index (χ2n) is 13.4. The molecular formula is C37H50N4O6S2. The zero-order valence-corrected chi connectivity index (χ0v) is 30.6. The van der Waals surface area contributed by atoms with Crippen LogP contribution in [0.1, 0.15) is 60.9 Å². The summed E-state index contributed by atoms with van der Waals surface area (Å²) >= 11 is 0. The lowest BCUT2D eigenvalue weighted by molar-refractivity contribution is -0.121. The number of rotatable bonds is 6. The second kappa shape index (κ2) is 17.6. The first-order valence-electron chi connectivity index (χ1n) is 17.1. The normalized spacial score (nSPS) is 23.6. The number of methoxy groups -OCH3 is 1. The van der Waals surface area contributed by atoms with Gasteiger partial charge in [-0.3, -0.25) is 15.1 Å². The van der Waals surface area contributed by atoms with E-state index in [0.717, 1.165) is 45.9 Å². The zero-order valence-electron chi connectivity index (χ0n) is 29.0. The lowest BCUT2D eigenvalue weighted by Crippen LogP contribution is -2.45. The molecule has 266 valence electrons. The molecule has 12 heteroatoms. The molecule has 0 saturated heterocycles. The Morgan fingerprint density at radius 1 is 1.12 bits per heavy atom. The van der Waals surface area contributed by atoms with Gasteiger partial charge in [0.15, 0.2) is 29.0 Å². The Balaban J connectivity index is 1.51. The summed E-state index contributed by atoms with van der Waals surface area (Å²) in [4.78, 5) is 17.7. The molecule has 0 unspecified atom stereocenters. The third-order valence-electron chi connectivity index (χ3n) is 9.49. The van der Waals surface area contributed by atoms with E-state index < -0.39 is 6.10 Å². The first-order valence-corrected chi connectivity index (χ1v) is 19.6. The molecule has 6 N–H and O–H groups in total. The maximum absolute atomic E-state index is 13.0. The smallest absolute Gasteiger partial charge is 0.188 e. The van der Waals surface area contributed by atoms with Crippen LogP contribution < -0.4 is 30.6 Å². The van der Waals surface area contributed by atoms with Crippen molar-refractivity contribution < 1.29 is 29.2 Å². The van der Waals surface area contributed by atoms with Crippen LogP contribution >= 0.6 is 21.6 Å². The standard InChI is InChI=1S/C37H50N4O6S2/c1-22(2)32-20-49-48-19-27(17-40-37(38)41-32)26-15-31-24-9-12-29(43)16-28(42)11-8-23-10-13-33(44)35(45-4)30(23)7-5-6-25(14-24)34(47-21-39-3)36(31)46-18-26/h10,13-14,22,26-27,29,32,39,43-44H,6,8-9,11-12,15-21H2,1-4H3,(H3,38,40,41)/t26-,27+,29+,32+/m0/s1. The van der Waals surface area contributed by atoms with Gasteiger partial charge >= 0.3 is 0 Å². The Bertz CT molecular complexity index is 1570.